The topological polar surface area (TPSA) is 66.5 Å². The van der Waals surface area contributed by atoms with Gasteiger partial charge in [-0.25, -0.2) is 4.90 Å². The lowest BCUT2D eigenvalue weighted by atomic mass is 10.2. The number of benzene rings is 3. The first-order chi connectivity index (χ1) is 14.9. The summed E-state index contributed by atoms with van der Waals surface area (Å²) in [5.74, 6) is -0.787. The number of anilines is 2. The minimum atomic E-state index is -0.485. The normalized spacial score (nSPS) is 15.9. The lowest BCUT2D eigenvalue weighted by Gasteiger charge is -2.14. The lowest BCUT2D eigenvalue weighted by Crippen LogP contribution is -2.30. The van der Waals surface area contributed by atoms with Gasteiger partial charge in [-0.05, 0) is 54.6 Å². The molecule has 1 aliphatic rings. The van der Waals surface area contributed by atoms with Crippen LogP contribution in [0, 0.1) is 0 Å². The Morgan fingerprint density at radius 2 is 1.68 bits per heavy atom. The minimum absolute atomic E-state index is 0.145. The van der Waals surface area contributed by atoms with Crippen LogP contribution in [0.1, 0.15) is 16.8 Å². The van der Waals surface area contributed by atoms with E-state index in [2.05, 4.69) is 5.32 Å². The second kappa shape index (κ2) is 9.14. The summed E-state index contributed by atoms with van der Waals surface area (Å²) in [4.78, 5) is 39.6. The number of amides is 3. The molecule has 1 atom stereocenters. The van der Waals surface area contributed by atoms with Gasteiger partial charge in [0.15, 0.2) is 0 Å². The molecule has 31 heavy (non-hydrogen) atoms. The number of carbonyl (C=O) groups is 3. The first-order valence-corrected chi connectivity index (χ1v) is 11.0. The van der Waals surface area contributed by atoms with Crippen LogP contribution in [0.5, 0.6) is 0 Å². The third kappa shape index (κ3) is 4.77. The largest absolute Gasteiger partial charge is 0.322 e. The molecule has 4 rings (SSSR count). The molecule has 3 amide bonds. The van der Waals surface area contributed by atoms with Crippen molar-refractivity contribution in [1.29, 1.82) is 0 Å². The molecule has 1 N–H and O–H groups in total. The van der Waals surface area contributed by atoms with Crippen molar-refractivity contribution in [3.63, 3.8) is 0 Å². The average molecular weight is 471 g/mol. The van der Waals surface area contributed by atoms with E-state index in [1.807, 2.05) is 6.07 Å². The highest BCUT2D eigenvalue weighted by Gasteiger charge is 2.40. The molecular formula is C23H16Cl2N2O3S. The molecule has 8 heteroatoms. The second-order valence-corrected chi connectivity index (χ2v) is 8.94. The highest BCUT2D eigenvalue weighted by atomic mass is 35.5. The molecule has 156 valence electrons. The summed E-state index contributed by atoms with van der Waals surface area (Å²) in [6.07, 6.45) is 0.145. The molecule has 0 unspecified atom stereocenters. The molecule has 1 fully saturated rings. The van der Waals surface area contributed by atoms with Crippen LogP contribution >= 0.6 is 35.0 Å². The second-order valence-electron chi connectivity index (χ2n) is 6.82. The molecule has 0 bridgehead atoms. The SMILES string of the molecule is O=C(Nc1ccc(S[C@@H]2CC(=O)N(c3ccccc3)C2=O)cc1)c1ccc(Cl)cc1Cl. The third-order valence-electron chi connectivity index (χ3n) is 4.69. The number of nitrogens with one attached hydrogen (secondary N) is 1. The molecule has 1 aliphatic heterocycles. The van der Waals surface area contributed by atoms with E-state index in [4.69, 9.17) is 23.2 Å². The fourth-order valence-electron chi connectivity index (χ4n) is 3.20. The maximum Gasteiger partial charge on any atom is 0.257 e. The Balaban J connectivity index is 1.41. The predicted molar refractivity (Wildman–Crippen MR) is 124 cm³/mol. The van der Waals surface area contributed by atoms with E-state index in [0.29, 0.717) is 22.0 Å². The molecule has 1 saturated heterocycles. The van der Waals surface area contributed by atoms with Gasteiger partial charge in [0, 0.05) is 22.0 Å². The van der Waals surface area contributed by atoms with Crippen molar-refractivity contribution in [3.8, 4) is 0 Å². The zero-order valence-electron chi connectivity index (χ0n) is 16.0. The van der Waals surface area contributed by atoms with Gasteiger partial charge < -0.3 is 5.32 Å². The fourth-order valence-corrected chi connectivity index (χ4v) is 4.75. The number of rotatable bonds is 5. The molecule has 1 heterocycles. The standard InChI is InChI=1S/C23H16Cl2N2O3S/c24-14-6-11-18(19(25)12-14)22(29)26-15-7-9-17(10-8-15)31-20-13-21(28)27(23(20)30)16-4-2-1-3-5-16/h1-12,20H,13H2,(H,26,29)/t20-/m1/s1. The molecule has 3 aromatic rings. The summed E-state index contributed by atoms with van der Waals surface area (Å²) < 4.78 is 0. The van der Waals surface area contributed by atoms with Crippen LogP contribution in [0.2, 0.25) is 10.0 Å². The van der Waals surface area contributed by atoms with Gasteiger partial charge >= 0.3 is 0 Å². The number of para-hydroxylation sites is 1. The summed E-state index contributed by atoms with van der Waals surface area (Å²) in [5, 5.41) is 3.01. The minimum Gasteiger partial charge on any atom is -0.322 e. The molecular weight excluding hydrogens is 455 g/mol. The molecule has 3 aromatic carbocycles. The predicted octanol–water partition coefficient (Wildman–Crippen LogP) is 5.67. The lowest BCUT2D eigenvalue weighted by molar-refractivity contribution is -0.121. The Kier molecular flexibility index (Phi) is 6.32. The van der Waals surface area contributed by atoms with E-state index < -0.39 is 5.25 Å². The van der Waals surface area contributed by atoms with Crippen molar-refractivity contribution >= 4 is 64.1 Å². The number of nitrogens with zero attached hydrogens (tertiary/aromatic N) is 1. The fraction of sp³-hybridized carbons (Fsp3) is 0.0870. The van der Waals surface area contributed by atoms with Crippen LogP contribution in [-0.2, 0) is 9.59 Å². The summed E-state index contributed by atoms with van der Waals surface area (Å²) in [5.41, 5.74) is 1.49. The van der Waals surface area contributed by atoms with Crippen molar-refractivity contribution in [1.82, 2.24) is 0 Å². The zero-order valence-corrected chi connectivity index (χ0v) is 18.4. The van der Waals surface area contributed by atoms with Crippen LogP contribution in [0.15, 0.2) is 77.7 Å². The van der Waals surface area contributed by atoms with E-state index in [9.17, 15) is 14.4 Å². The number of hydrogen-bond acceptors (Lipinski definition) is 4. The van der Waals surface area contributed by atoms with Gasteiger partial charge in [-0.1, -0.05) is 41.4 Å². The van der Waals surface area contributed by atoms with Crippen molar-refractivity contribution < 1.29 is 14.4 Å². The number of halogens is 2. The van der Waals surface area contributed by atoms with Gasteiger partial charge in [-0.2, -0.15) is 0 Å². The Morgan fingerprint density at radius 3 is 2.35 bits per heavy atom. The van der Waals surface area contributed by atoms with Crippen molar-refractivity contribution in [2.24, 2.45) is 0 Å². The van der Waals surface area contributed by atoms with Gasteiger partial charge in [-0.3, -0.25) is 14.4 Å². The summed E-state index contributed by atoms with van der Waals surface area (Å²) in [6.45, 7) is 0. The Bertz CT molecular complexity index is 1150. The van der Waals surface area contributed by atoms with E-state index in [1.54, 1.807) is 60.7 Å². The molecule has 5 nitrogen and oxygen atoms in total. The number of carbonyl (C=O) groups excluding carboxylic acids is 3. The molecule has 0 aromatic heterocycles. The Labute approximate surface area is 193 Å². The number of thioether (sulfide) groups is 1. The number of hydrogen-bond donors (Lipinski definition) is 1. The molecule has 0 aliphatic carbocycles. The quantitative estimate of drug-likeness (QED) is 0.487. The highest BCUT2D eigenvalue weighted by Crippen LogP contribution is 2.34. The monoisotopic (exact) mass is 470 g/mol. The van der Waals surface area contributed by atoms with Gasteiger partial charge in [0.25, 0.3) is 5.91 Å². The van der Waals surface area contributed by atoms with Crippen LogP contribution in [0.4, 0.5) is 11.4 Å². The maximum absolute atomic E-state index is 12.8. The first kappa shape index (κ1) is 21.4. The highest BCUT2D eigenvalue weighted by molar-refractivity contribution is 8.00. The zero-order chi connectivity index (χ0) is 22.0. The van der Waals surface area contributed by atoms with Crippen molar-refractivity contribution in [2.45, 2.75) is 16.6 Å². The maximum atomic E-state index is 12.8. The van der Waals surface area contributed by atoms with E-state index >= 15 is 0 Å². The van der Waals surface area contributed by atoms with Crippen LogP contribution in [0.3, 0.4) is 0 Å². The number of imide groups is 1. The molecule has 0 saturated carbocycles. The summed E-state index contributed by atoms with van der Waals surface area (Å²) in [7, 11) is 0. The van der Waals surface area contributed by atoms with Gasteiger partial charge in [0.05, 0.1) is 21.5 Å². The summed E-state index contributed by atoms with van der Waals surface area (Å²) >= 11 is 13.3. The van der Waals surface area contributed by atoms with E-state index in [-0.39, 0.29) is 29.2 Å². The first-order valence-electron chi connectivity index (χ1n) is 9.37. The van der Waals surface area contributed by atoms with Gasteiger partial charge in [0.1, 0.15) is 0 Å². The Hall–Kier alpha value is -2.80. The van der Waals surface area contributed by atoms with Gasteiger partial charge in [-0.15, -0.1) is 11.8 Å². The smallest absolute Gasteiger partial charge is 0.257 e. The van der Waals surface area contributed by atoms with E-state index in [1.165, 1.54) is 22.7 Å². The van der Waals surface area contributed by atoms with Crippen LogP contribution in [0.25, 0.3) is 0 Å². The molecule has 0 spiro atoms. The van der Waals surface area contributed by atoms with Crippen LogP contribution < -0.4 is 10.2 Å². The van der Waals surface area contributed by atoms with Crippen molar-refractivity contribution in [3.05, 3.63) is 88.4 Å². The average Bonchev–Trinajstić information content (AvgIpc) is 3.03. The Morgan fingerprint density at radius 1 is 0.968 bits per heavy atom. The molecule has 0 radical (unpaired) electrons. The van der Waals surface area contributed by atoms with Crippen molar-refractivity contribution in [2.75, 3.05) is 10.2 Å². The van der Waals surface area contributed by atoms with Gasteiger partial charge in [0.2, 0.25) is 11.8 Å². The van der Waals surface area contributed by atoms with Crippen LogP contribution in [-0.4, -0.2) is 23.0 Å². The third-order valence-corrected chi connectivity index (χ3v) is 6.43. The summed E-state index contributed by atoms with van der Waals surface area (Å²) in [6, 6.07) is 20.6. The van der Waals surface area contributed by atoms with E-state index in [0.717, 1.165) is 4.90 Å².